The van der Waals surface area contributed by atoms with E-state index in [4.69, 9.17) is 14.2 Å². The lowest BCUT2D eigenvalue weighted by atomic mass is 10.0. The maximum atomic E-state index is 12.7. The second-order valence-corrected chi connectivity index (χ2v) is 18.5. The fourth-order valence-corrected chi connectivity index (χ4v) is 8.01. The van der Waals surface area contributed by atoms with E-state index in [0.29, 0.717) is 19.3 Å². The summed E-state index contributed by atoms with van der Waals surface area (Å²) in [5.41, 5.74) is 0. The van der Waals surface area contributed by atoms with Gasteiger partial charge in [0.25, 0.3) is 0 Å². The Hall–Kier alpha value is -2.11. The molecule has 62 heavy (non-hydrogen) atoms. The molecule has 6 nitrogen and oxygen atoms in total. The van der Waals surface area contributed by atoms with Gasteiger partial charge in [0.05, 0.1) is 0 Å². The van der Waals surface area contributed by atoms with Gasteiger partial charge < -0.3 is 14.2 Å². The molecule has 0 radical (unpaired) electrons. The van der Waals surface area contributed by atoms with Crippen LogP contribution in [-0.4, -0.2) is 37.2 Å². The molecule has 1 atom stereocenters. The number of hydrogen-bond acceptors (Lipinski definition) is 6. The summed E-state index contributed by atoms with van der Waals surface area (Å²) in [6, 6.07) is 0. The molecule has 0 saturated heterocycles. The van der Waals surface area contributed by atoms with Crippen LogP contribution in [-0.2, 0) is 28.6 Å². The molecule has 0 spiro atoms. The molecular weight excluding hydrogens is 769 g/mol. The summed E-state index contributed by atoms with van der Waals surface area (Å²) < 4.78 is 16.7. The molecule has 0 amide bonds. The minimum absolute atomic E-state index is 0.0715. The summed E-state index contributed by atoms with van der Waals surface area (Å²) in [6.07, 6.45) is 59.3. The number of carbonyl (C=O) groups excluding carboxylic acids is 3. The third-order valence-electron chi connectivity index (χ3n) is 12.2. The molecule has 1 unspecified atom stereocenters. The van der Waals surface area contributed by atoms with E-state index in [1.165, 1.54) is 193 Å². The van der Waals surface area contributed by atoms with Crippen molar-refractivity contribution in [3.63, 3.8) is 0 Å². The number of allylic oxidation sites excluding steroid dienone is 4. The van der Waals surface area contributed by atoms with Crippen molar-refractivity contribution < 1.29 is 28.6 Å². The van der Waals surface area contributed by atoms with Crippen LogP contribution in [0.1, 0.15) is 297 Å². The first-order valence-electron chi connectivity index (χ1n) is 27.3. The Labute approximate surface area is 385 Å². The van der Waals surface area contributed by atoms with Gasteiger partial charge in [-0.2, -0.15) is 0 Å². The van der Waals surface area contributed by atoms with Crippen LogP contribution in [0.4, 0.5) is 0 Å². The lowest BCUT2D eigenvalue weighted by molar-refractivity contribution is -0.167. The van der Waals surface area contributed by atoms with E-state index in [-0.39, 0.29) is 31.1 Å². The lowest BCUT2D eigenvalue weighted by Crippen LogP contribution is -2.30. The highest BCUT2D eigenvalue weighted by Gasteiger charge is 2.19. The molecule has 364 valence electrons. The van der Waals surface area contributed by atoms with Gasteiger partial charge in [0, 0.05) is 19.3 Å². The van der Waals surface area contributed by atoms with Gasteiger partial charge >= 0.3 is 17.9 Å². The van der Waals surface area contributed by atoms with Crippen LogP contribution < -0.4 is 0 Å². The van der Waals surface area contributed by atoms with Crippen LogP contribution in [0.15, 0.2) is 24.3 Å². The molecule has 0 bridgehead atoms. The second kappa shape index (κ2) is 51.5. The molecule has 0 N–H and O–H groups in total. The van der Waals surface area contributed by atoms with Gasteiger partial charge in [-0.05, 0) is 64.2 Å². The molecular formula is C56H104O6. The number of hydrogen-bond donors (Lipinski definition) is 0. The van der Waals surface area contributed by atoms with Crippen molar-refractivity contribution in [3.05, 3.63) is 24.3 Å². The molecule has 0 saturated carbocycles. The van der Waals surface area contributed by atoms with Gasteiger partial charge in [0.15, 0.2) is 6.10 Å². The minimum Gasteiger partial charge on any atom is -0.462 e. The van der Waals surface area contributed by atoms with Gasteiger partial charge in [-0.3, -0.25) is 14.4 Å². The van der Waals surface area contributed by atoms with Crippen LogP contribution in [0.2, 0.25) is 0 Å². The van der Waals surface area contributed by atoms with E-state index in [9.17, 15) is 14.4 Å². The highest BCUT2D eigenvalue weighted by atomic mass is 16.6. The average Bonchev–Trinajstić information content (AvgIpc) is 3.27. The number of carbonyl (C=O) groups is 3. The van der Waals surface area contributed by atoms with Gasteiger partial charge in [-0.1, -0.05) is 238 Å². The molecule has 0 aromatic rings. The predicted octanol–water partition coefficient (Wildman–Crippen LogP) is 17.9. The van der Waals surface area contributed by atoms with E-state index in [0.717, 1.165) is 64.2 Å². The molecule has 0 aliphatic carbocycles. The maximum absolute atomic E-state index is 12.7. The zero-order valence-corrected chi connectivity index (χ0v) is 41.7. The van der Waals surface area contributed by atoms with Crippen molar-refractivity contribution in [1.29, 1.82) is 0 Å². The lowest BCUT2D eigenvalue weighted by Gasteiger charge is -2.18. The minimum atomic E-state index is -0.767. The van der Waals surface area contributed by atoms with Crippen molar-refractivity contribution >= 4 is 17.9 Å². The predicted molar refractivity (Wildman–Crippen MR) is 266 cm³/mol. The maximum Gasteiger partial charge on any atom is 0.306 e. The molecule has 0 fully saturated rings. The number of ether oxygens (including phenoxy) is 3. The second-order valence-electron chi connectivity index (χ2n) is 18.5. The first-order chi connectivity index (χ1) is 30.5. The van der Waals surface area contributed by atoms with E-state index < -0.39 is 6.10 Å². The number of esters is 3. The molecule has 0 aliphatic rings. The summed E-state index contributed by atoms with van der Waals surface area (Å²) in [5, 5.41) is 0. The highest BCUT2D eigenvalue weighted by Crippen LogP contribution is 2.16. The largest absolute Gasteiger partial charge is 0.462 e. The van der Waals surface area contributed by atoms with Crippen LogP contribution in [0.25, 0.3) is 0 Å². The summed E-state index contributed by atoms with van der Waals surface area (Å²) in [5.74, 6) is -0.880. The van der Waals surface area contributed by atoms with Crippen molar-refractivity contribution in [2.45, 2.75) is 303 Å². The summed E-state index contributed by atoms with van der Waals surface area (Å²) >= 11 is 0. The van der Waals surface area contributed by atoms with Crippen LogP contribution in [0.3, 0.4) is 0 Å². The van der Waals surface area contributed by atoms with E-state index >= 15 is 0 Å². The fourth-order valence-electron chi connectivity index (χ4n) is 8.01. The smallest absolute Gasteiger partial charge is 0.306 e. The standard InChI is InChI=1S/C56H104O6/c1-4-7-10-13-16-18-20-21-22-23-24-25-26-27-28-29-30-31-32-33-34-35-37-38-40-43-46-49-55(58)61-52-53(51-60-54(57)48-45-42-15-12-9-6-3)62-56(59)50-47-44-41-39-36-19-17-14-11-8-5-2/h14,17,23-24,53H,4-13,15-16,18-22,25-52H2,1-3H3/b17-14-,24-23-. The van der Waals surface area contributed by atoms with E-state index in [1.807, 2.05) is 0 Å². The Balaban J connectivity index is 3.98. The Morgan fingerprint density at radius 1 is 0.306 bits per heavy atom. The number of unbranched alkanes of at least 4 members (excludes halogenated alkanes) is 35. The number of rotatable bonds is 50. The van der Waals surface area contributed by atoms with E-state index in [2.05, 4.69) is 45.1 Å². The van der Waals surface area contributed by atoms with Crippen molar-refractivity contribution in [2.24, 2.45) is 0 Å². The topological polar surface area (TPSA) is 78.9 Å². The Morgan fingerprint density at radius 3 is 0.855 bits per heavy atom. The first kappa shape index (κ1) is 59.9. The third-order valence-corrected chi connectivity index (χ3v) is 12.2. The summed E-state index contributed by atoms with van der Waals surface area (Å²) in [6.45, 7) is 6.56. The zero-order chi connectivity index (χ0) is 45.1. The molecule has 0 rings (SSSR count). The summed E-state index contributed by atoms with van der Waals surface area (Å²) in [4.78, 5) is 37.7. The van der Waals surface area contributed by atoms with Gasteiger partial charge in [0.2, 0.25) is 0 Å². The van der Waals surface area contributed by atoms with Crippen LogP contribution >= 0.6 is 0 Å². The van der Waals surface area contributed by atoms with Crippen LogP contribution in [0.5, 0.6) is 0 Å². The molecule has 0 aromatic heterocycles. The fraction of sp³-hybridized carbons (Fsp3) is 0.875. The Kier molecular flexibility index (Phi) is 49.8. The zero-order valence-electron chi connectivity index (χ0n) is 41.7. The molecule has 6 heteroatoms. The highest BCUT2D eigenvalue weighted by molar-refractivity contribution is 5.71. The Bertz CT molecular complexity index is 1000. The average molecular weight is 873 g/mol. The normalized spacial score (nSPS) is 12.1. The quantitative estimate of drug-likeness (QED) is 0.0262. The van der Waals surface area contributed by atoms with Gasteiger partial charge in [-0.25, -0.2) is 0 Å². The molecule has 0 aliphatic heterocycles. The third kappa shape index (κ3) is 48.9. The monoisotopic (exact) mass is 873 g/mol. The van der Waals surface area contributed by atoms with Crippen molar-refractivity contribution in [3.8, 4) is 0 Å². The molecule has 0 heterocycles. The summed E-state index contributed by atoms with van der Waals surface area (Å²) in [7, 11) is 0. The first-order valence-corrected chi connectivity index (χ1v) is 27.3. The SMILES string of the molecule is CCCC/C=C\CCCCCCCC(=O)OC(COC(=O)CCCCCCCC)COC(=O)CCCCCCCCCCCCCCCCC/C=C\CCCCCCCCCC. The Morgan fingerprint density at radius 2 is 0.548 bits per heavy atom. The van der Waals surface area contributed by atoms with Crippen LogP contribution in [0, 0.1) is 0 Å². The van der Waals surface area contributed by atoms with Crippen molar-refractivity contribution in [2.75, 3.05) is 13.2 Å². The van der Waals surface area contributed by atoms with Crippen molar-refractivity contribution in [1.82, 2.24) is 0 Å². The van der Waals surface area contributed by atoms with Gasteiger partial charge in [-0.15, -0.1) is 0 Å². The van der Waals surface area contributed by atoms with E-state index in [1.54, 1.807) is 0 Å². The van der Waals surface area contributed by atoms with Gasteiger partial charge in [0.1, 0.15) is 13.2 Å². The molecule has 0 aromatic carbocycles.